The van der Waals surface area contributed by atoms with Crippen LogP contribution in [-0.2, 0) is 26.9 Å². The summed E-state index contributed by atoms with van der Waals surface area (Å²) in [5, 5.41) is 11.6. The average molecular weight is 480 g/mol. The SMILES string of the molecule is CC(C)(C)OC(=O)NC(COP(=O)(O)CCCO)Cc1ccc(OCc2ccccc2)cc1. The van der Waals surface area contributed by atoms with Crippen LogP contribution in [0, 0.1) is 0 Å². The topological polar surface area (TPSA) is 114 Å². The lowest BCUT2D eigenvalue weighted by Crippen LogP contribution is -2.42. The van der Waals surface area contributed by atoms with Gasteiger partial charge in [0, 0.05) is 6.61 Å². The number of aliphatic hydroxyl groups is 1. The Bertz CT molecular complexity index is 897. The van der Waals surface area contributed by atoms with Crippen LogP contribution in [0.1, 0.15) is 38.3 Å². The second-order valence-electron chi connectivity index (χ2n) is 8.70. The largest absolute Gasteiger partial charge is 0.489 e. The number of aliphatic hydroxyl groups excluding tert-OH is 1. The smallest absolute Gasteiger partial charge is 0.407 e. The van der Waals surface area contributed by atoms with Crippen molar-refractivity contribution in [3.63, 3.8) is 0 Å². The molecule has 3 N–H and O–H groups in total. The van der Waals surface area contributed by atoms with Crippen LogP contribution in [0.25, 0.3) is 0 Å². The van der Waals surface area contributed by atoms with Gasteiger partial charge in [-0.3, -0.25) is 4.57 Å². The molecule has 0 aliphatic carbocycles. The molecule has 0 bridgehead atoms. The third kappa shape index (κ3) is 11.3. The minimum Gasteiger partial charge on any atom is -0.489 e. The van der Waals surface area contributed by atoms with Gasteiger partial charge in [0.1, 0.15) is 18.0 Å². The Morgan fingerprint density at radius 2 is 1.73 bits per heavy atom. The quantitative estimate of drug-likeness (QED) is 0.389. The molecular weight excluding hydrogens is 445 g/mol. The summed E-state index contributed by atoms with van der Waals surface area (Å²) in [5.74, 6) is 0.708. The molecule has 0 aliphatic heterocycles. The van der Waals surface area contributed by atoms with Crippen LogP contribution in [0.3, 0.4) is 0 Å². The summed E-state index contributed by atoms with van der Waals surface area (Å²) in [5.41, 5.74) is 1.27. The van der Waals surface area contributed by atoms with Crippen molar-refractivity contribution in [2.45, 2.75) is 51.9 Å². The van der Waals surface area contributed by atoms with Gasteiger partial charge in [-0.1, -0.05) is 42.5 Å². The van der Waals surface area contributed by atoms with Gasteiger partial charge >= 0.3 is 13.7 Å². The van der Waals surface area contributed by atoms with E-state index in [2.05, 4.69) is 5.32 Å². The Balaban J connectivity index is 1.99. The Hall–Kier alpha value is -2.38. The Kier molecular flexibility index (Phi) is 10.4. The zero-order valence-corrected chi connectivity index (χ0v) is 20.3. The van der Waals surface area contributed by atoms with Crippen molar-refractivity contribution in [1.29, 1.82) is 0 Å². The number of benzene rings is 2. The Labute approximate surface area is 195 Å². The van der Waals surface area contributed by atoms with Crippen molar-refractivity contribution < 1.29 is 33.4 Å². The van der Waals surface area contributed by atoms with E-state index in [0.717, 1.165) is 11.1 Å². The number of rotatable bonds is 12. The number of hydrogen-bond acceptors (Lipinski definition) is 6. The number of hydrogen-bond donors (Lipinski definition) is 3. The van der Waals surface area contributed by atoms with E-state index in [9.17, 15) is 14.3 Å². The minimum atomic E-state index is -3.87. The van der Waals surface area contributed by atoms with Gasteiger partial charge in [-0.15, -0.1) is 0 Å². The Morgan fingerprint density at radius 1 is 1.06 bits per heavy atom. The minimum absolute atomic E-state index is 0.155. The van der Waals surface area contributed by atoms with Crippen LogP contribution < -0.4 is 10.1 Å². The molecule has 33 heavy (non-hydrogen) atoms. The molecule has 0 aromatic heterocycles. The first kappa shape index (κ1) is 26.9. The molecule has 2 unspecified atom stereocenters. The van der Waals surface area contributed by atoms with Gasteiger partial charge in [0.2, 0.25) is 0 Å². The number of amides is 1. The molecule has 2 aromatic carbocycles. The van der Waals surface area contributed by atoms with Crippen LogP contribution >= 0.6 is 7.60 Å². The first-order valence-corrected chi connectivity index (χ1v) is 12.6. The van der Waals surface area contributed by atoms with Crippen LogP contribution in [0.2, 0.25) is 0 Å². The molecule has 8 nitrogen and oxygen atoms in total. The molecule has 0 spiro atoms. The lowest BCUT2D eigenvalue weighted by molar-refractivity contribution is 0.0484. The van der Waals surface area contributed by atoms with Crippen molar-refractivity contribution >= 4 is 13.7 Å². The van der Waals surface area contributed by atoms with Crippen molar-refractivity contribution in [1.82, 2.24) is 5.32 Å². The van der Waals surface area contributed by atoms with E-state index in [1.54, 1.807) is 20.8 Å². The van der Waals surface area contributed by atoms with Crippen molar-refractivity contribution in [3.05, 3.63) is 65.7 Å². The van der Waals surface area contributed by atoms with Crippen LogP contribution in [0.4, 0.5) is 4.79 Å². The first-order valence-electron chi connectivity index (χ1n) is 10.9. The maximum absolute atomic E-state index is 12.3. The number of ether oxygens (including phenoxy) is 2. The lowest BCUT2D eigenvalue weighted by atomic mass is 10.1. The highest BCUT2D eigenvalue weighted by atomic mass is 31.2. The third-order valence-electron chi connectivity index (χ3n) is 4.45. The van der Waals surface area contributed by atoms with Crippen LogP contribution in [0.15, 0.2) is 54.6 Å². The fourth-order valence-electron chi connectivity index (χ4n) is 2.91. The molecule has 2 aromatic rings. The third-order valence-corrected chi connectivity index (χ3v) is 5.88. The van der Waals surface area contributed by atoms with E-state index in [0.29, 0.717) is 18.8 Å². The van der Waals surface area contributed by atoms with Crippen molar-refractivity contribution in [2.75, 3.05) is 19.4 Å². The number of carbonyl (C=O) groups is 1. The van der Waals surface area contributed by atoms with Gasteiger partial charge in [-0.25, -0.2) is 4.79 Å². The van der Waals surface area contributed by atoms with Gasteiger partial charge < -0.3 is 29.3 Å². The van der Waals surface area contributed by atoms with Crippen molar-refractivity contribution in [2.24, 2.45) is 0 Å². The van der Waals surface area contributed by atoms with Gasteiger partial charge in [-0.05, 0) is 56.9 Å². The molecule has 2 atom stereocenters. The van der Waals surface area contributed by atoms with E-state index >= 15 is 0 Å². The average Bonchev–Trinajstić information content (AvgIpc) is 2.75. The van der Waals surface area contributed by atoms with E-state index in [1.165, 1.54) is 0 Å². The zero-order valence-electron chi connectivity index (χ0n) is 19.4. The van der Waals surface area contributed by atoms with Crippen molar-refractivity contribution in [3.8, 4) is 5.75 Å². The lowest BCUT2D eigenvalue weighted by Gasteiger charge is -2.24. The molecule has 2 rings (SSSR count). The Morgan fingerprint density at radius 3 is 2.33 bits per heavy atom. The second kappa shape index (κ2) is 12.8. The molecule has 0 fully saturated rings. The monoisotopic (exact) mass is 479 g/mol. The van der Waals surface area contributed by atoms with Gasteiger partial charge in [0.05, 0.1) is 18.8 Å². The van der Waals surface area contributed by atoms with E-state index < -0.39 is 25.3 Å². The standard InChI is InChI=1S/C24H34NO7P/c1-24(2,3)32-23(27)25-21(18-31-33(28,29)15-7-14-26)16-19-10-12-22(13-11-19)30-17-20-8-5-4-6-9-20/h4-6,8-13,21,26H,7,14-18H2,1-3H3,(H,25,27)(H,28,29). The number of nitrogens with one attached hydrogen (secondary N) is 1. The molecule has 0 saturated heterocycles. The summed E-state index contributed by atoms with van der Waals surface area (Å²) >= 11 is 0. The van der Waals surface area contributed by atoms with E-state index in [4.69, 9.17) is 19.1 Å². The number of carbonyl (C=O) groups excluding carboxylic acids is 1. The molecular formula is C24H34NO7P. The second-order valence-corrected chi connectivity index (χ2v) is 10.7. The maximum Gasteiger partial charge on any atom is 0.407 e. The van der Waals surface area contributed by atoms with Gasteiger partial charge in [0.15, 0.2) is 0 Å². The predicted molar refractivity (Wildman–Crippen MR) is 126 cm³/mol. The first-order chi connectivity index (χ1) is 15.6. The van der Waals surface area contributed by atoms with E-state index in [1.807, 2.05) is 54.6 Å². The predicted octanol–water partition coefficient (Wildman–Crippen LogP) is 4.29. The molecule has 182 valence electrons. The summed E-state index contributed by atoms with van der Waals surface area (Å²) in [6.07, 6.45) is -0.279. The highest BCUT2D eigenvalue weighted by Gasteiger charge is 2.24. The molecule has 0 aliphatic rings. The fourth-order valence-corrected chi connectivity index (χ4v) is 4.00. The van der Waals surface area contributed by atoms with Crippen LogP contribution in [-0.4, -0.2) is 47.1 Å². The zero-order chi connectivity index (χ0) is 24.3. The summed E-state index contributed by atoms with van der Waals surface area (Å²) < 4.78 is 28.5. The summed E-state index contributed by atoms with van der Waals surface area (Å²) in [4.78, 5) is 22.2. The molecule has 9 heteroatoms. The van der Waals surface area contributed by atoms with E-state index in [-0.39, 0.29) is 25.8 Å². The molecule has 0 radical (unpaired) electrons. The highest BCUT2D eigenvalue weighted by molar-refractivity contribution is 7.52. The van der Waals surface area contributed by atoms with Crippen LogP contribution in [0.5, 0.6) is 5.75 Å². The molecule has 0 saturated carbocycles. The summed E-state index contributed by atoms with van der Waals surface area (Å²) in [6.45, 7) is 5.34. The summed E-state index contributed by atoms with van der Waals surface area (Å²) in [7, 11) is -3.87. The van der Waals surface area contributed by atoms with Gasteiger partial charge in [-0.2, -0.15) is 0 Å². The normalized spacial score (nSPS) is 14.2. The fraction of sp³-hybridized carbons (Fsp3) is 0.458. The number of alkyl carbamates (subject to hydrolysis) is 1. The molecule has 0 heterocycles. The summed E-state index contributed by atoms with van der Waals surface area (Å²) in [6, 6.07) is 16.7. The highest BCUT2D eigenvalue weighted by Crippen LogP contribution is 2.42. The molecule has 1 amide bonds. The maximum atomic E-state index is 12.3. The van der Waals surface area contributed by atoms with Gasteiger partial charge in [0.25, 0.3) is 0 Å².